The SMILES string of the molecule is CCn1ncnc1CC1=CC(N)CCCC1. The first kappa shape index (κ1) is 11.3. The van der Waals surface area contributed by atoms with E-state index < -0.39 is 0 Å². The molecule has 1 aliphatic rings. The van der Waals surface area contributed by atoms with Gasteiger partial charge in [0.15, 0.2) is 0 Å². The summed E-state index contributed by atoms with van der Waals surface area (Å²) in [6, 6.07) is 0.232. The largest absolute Gasteiger partial charge is 0.324 e. The van der Waals surface area contributed by atoms with Crippen LogP contribution in [0.15, 0.2) is 18.0 Å². The maximum absolute atomic E-state index is 6.01. The second-order valence-electron chi connectivity index (χ2n) is 4.40. The van der Waals surface area contributed by atoms with Crippen LogP contribution in [0.4, 0.5) is 0 Å². The minimum absolute atomic E-state index is 0.232. The van der Waals surface area contributed by atoms with E-state index in [1.54, 1.807) is 6.33 Å². The van der Waals surface area contributed by atoms with E-state index in [4.69, 9.17) is 5.73 Å². The van der Waals surface area contributed by atoms with Crippen LogP contribution in [0.5, 0.6) is 0 Å². The average molecular weight is 220 g/mol. The number of rotatable bonds is 3. The summed E-state index contributed by atoms with van der Waals surface area (Å²) in [5.41, 5.74) is 7.43. The molecule has 1 aromatic heterocycles. The van der Waals surface area contributed by atoms with E-state index in [-0.39, 0.29) is 6.04 Å². The Bertz CT molecular complexity index is 367. The molecule has 0 fully saturated rings. The van der Waals surface area contributed by atoms with E-state index >= 15 is 0 Å². The van der Waals surface area contributed by atoms with Crippen molar-refractivity contribution in [3.63, 3.8) is 0 Å². The van der Waals surface area contributed by atoms with Gasteiger partial charge in [-0.25, -0.2) is 4.98 Å². The quantitative estimate of drug-likeness (QED) is 0.788. The molecule has 0 bridgehead atoms. The monoisotopic (exact) mass is 220 g/mol. The lowest BCUT2D eigenvalue weighted by Gasteiger charge is -2.07. The lowest BCUT2D eigenvalue weighted by Crippen LogP contribution is -2.16. The van der Waals surface area contributed by atoms with Gasteiger partial charge < -0.3 is 5.73 Å². The molecule has 1 atom stereocenters. The second kappa shape index (κ2) is 5.25. The topological polar surface area (TPSA) is 56.7 Å². The van der Waals surface area contributed by atoms with Crippen molar-refractivity contribution in [3.05, 3.63) is 23.8 Å². The van der Waals surface area contributed by atoms with Gasteiger partial charge in [0.25, 0.3) is 0 Å². The van der Waals surface area contributed by atoms with Gasteiger partial charge in [0.05, 0.1) is 0 Å². The highest BCUT2D eigenvalue weighted by Crippen LogP contribution is 2.19. The van der Waals surface area contributed by atoms with E-state index in [2.05, 4.69) is 23.1 Å². The number of aromatic nitrogens is 3. The van der Waals surface area contributed by atoms with Crippen LogP contribution in [0.3, 0.4) is 0 Å². The van der Waals surface area contributed by atoms with Crippen LogP contribution >= 0.6 is 0 Å². The number of nitrogens with two attached hydrogens (primary N) is 1. The zero-order chi connectivity index (χ0) is 11.4. The summed E-state index contributed by atoms with van der Waals surface area (Å²) in [7, 11) is 0. The Kier molecular flexibility index (Phi) is 3.72. The van der Waals surface area contributed by atoms with Crippen LogP contribution in [0, 0.1) is 0 Å². The molecule has 0 radical (unpaired) electrons. The molecule has 1 unspecified atom stereocenters. The molecular formula is C12H20N4. The fraction of sp³-hybridized carbons (Fsp3) is 0.667. The molecule has 2 rings (SSSR count). The second-order valence-corrected chi connectivity index (χ2v) is 4.40. The van der Waals surface area contributed by atoms with Crippen molar-refractivity contribution in [2.75, 3.05) is 0 Å². The molecule has 0 aliphatic heterocycles. The number of aryl methyl sites for hydroxylation is 1. The molecule has 1 heterocycles. The van der Waals surface area contributed by atoms with E-state index in [1.807, 2.05) is 4.68 Å². The predicted octanol–water partition coefficient (Wildman–Crippen LogP) is 1.67. The molecule has 0 spiro atoms. The Morgan fingerprint density at radius 1 is 1.50 bits per heavy atom. The fourth-order valence-electron chi connectivity index (χ4n) is 2.24. The highest BCUT2D eigenvalue weighted by atomic mass is 15.3. The smallest absolute Gasteiger partial charge is 0.138 e. The highest BCUT2D eigenvalue weighted by Gasteiger charge is 2.11. The Morgan fingerprint density at radius 3 is 3.19 bits per heavy atom. The van der Waals surface area contributed by atoms with E-state index in [0.29, 0.717) is 0 Å². The van der Waals surface area contributed by atoms with Crippen LogP contribution in [-0.4, -0.2) is 20.8 Å². The zero-order valence-electron chi connectivity index (χ0n) is 9.89. The van der Waals surface area contributed by atoms with Crippen molar-refractivity contribution in [2.45, 2.75) is 51.6 Å². The third-order valence-electron chi connectivity index (χ3n) is 3.12. The fourth-order valence-corrected chi connectivity index (χ4v) is 2.24. The predicted molar refractivity (Wildman–Crippen MR) is 63.9 cm³/mol. The average Bonchev–Trinajstić information content (AvgIpc) is 2.61. The standard InChI is InChI=1S/C12H20N4/c1-2-16-12(14-9-15-16)8-10-5-3-4-6-11(13)7-10/h7,9,11H,2-6,8,13H2,1H3. The molecule has 0 amide bonds. The molecule has 88 valence electrons. The molecule has 1 aliphatic carbocycles. The van der Waals surface area contributed by atoms with Gasteiger partial charge in [0.2, 0.25) is 0 Å². The molecule has 0 aromatic carbocycles. The normalized spacial score (nSPS) is 21.6. The summed E-state index contributed by atoms with van der Waals surface area (Å²) >= 11 is 0. The summed E-state index contributed by atoms with van der Waals surface area (Å²) in [6.07, 6.45) is 9.52. The summed E-state index contributed by atoms with van der Waals surface area (Å²) in [4.78, 5) is 4.31. The van der Waals surface area contributed by atoms with Crippen molar-refractivity contribution < 1.29 is 0 Å². The van der Waals surface area contributed by atoms with Gasteiger partial charge in [-0.1, -0.05) is 18.1 Å². The Hall–Kier alpha value is -1.16. The van der Waals surface area contributed by atoms with Gasteiger partial charge in [-0.05, 0) is 26.2 Å². The van der Waals surface area contributed by atoms with Gasteiger partial charge in [-0.2, -0.15) is 5.10 Å². The molecule has 4 heteroatoms. The van der Waals surface area contributed by atoms with Crippen molar-refractivity contribution in [2.24, 2.45) is 5.73 Å². The first-order chi connectivity index (χ1) is 7.79. The Morgan fingerprint density at radius 2 is 2.38 bits per heavy atom. The van der Waals surface area contributed by atoms with Crippen LogP contribution in [-0.2, 0) is 13.0 Å². The highest BCUT2D eigenvalue weighted by molar-refractivity contribution is 5.13. The Labute approximate surface area is 96.6 Å². The van der Waals surface area contributed by atoms with Crippen LogP contribution in [0.1, 0.15) is 38.4 Å². The molecule has 1 aromatic rings. The third kappa shape index (κ3) is 2.70. The Balaban J connectivity index is 2.08. The molecule has 16 heavy (non-hydrogen) atoms. The molecule has 0 saturated carbocycles. The van der Waals surface area contributed by atoms with Crippen LogP contribution in [0.25, 0.3) is 0 Å². The lowest BCUT2D eigenvalue weighted by molar-refractivity contribution is 0.617. The number of allylic oxidation sites excluding steroid dienone is 1. The summed E-state index contributed by atoms with van der Waals surface area (Å²) in [5, 5.41) is 4.19. The van der Waals surface area contributed by atoms with Gasteiger partial charge >= 0.3 is 0 Å². The van der Waals surface area contributed by atoms with Crippen molar-refractivity contribution in [1.29, 1.82) is 0 Å². The maximum Gasteiger partial charge on any atom is 0.138 e. The number of hydrogen-bond donors (Lipinski definition) is 1. The van der Waals surface area contributed by atoms with Crippen molar-refractivity contribution in [3.8, 4) is 0 Å². The summed E-state index contributed by atoms with van der Waals surface area (Å²) < 4.78 is 1.96. The minimum Gasteiger partial charge on any atom is -0.324 e. The van der Waals surface area contributed by atoms with Crippen molar-refractivity contribution in [1.82, 2.24) is 14.8 Å². The maximum atomic E-state index is 6.01. The van der Waals surface area contributed by atoms with Crippen LogP contribution < -0.4 is 5.73 Å². The third-order valence-corrected chi connectivity index (χ3v) is 3.12. The molecule has 2 N–H and O–H groups in total. The van der Waals surface area contributed by atoms with Gasteiger partial charge in [-0.15, -0.1) is 0 Å². The summed E-state index contributed by atoms with van der Waals surface area (Å²) in [5.74, 6) is 1.06. The zero-order valence-corrected chi connectivity index (χ0v) is 9.89. The molecular weight excluding hydrogens is 200 g/mol. The van der Waals surface area contributed by atoms with E-state index in [9.17, 15) is 0 Å². The molecule has 0 saturated heterocycles. The lowest BCUT2D eigenvalue weighted by atomic mass is 10.1. The number of hydrogen-bond acceptors (Lipinski definition) is 3. The van der Waals surface area contributed by atoms with Gasteiger partial charge in [0, 0.05) is 19.0 Å². The minimum atomic E-state index is 0.232. The first-order valence-corrected chi connectivity index (χ1v) is 6.11. The first-order valence-electron chi connectivity index (χ1n) is 6.11. The molecule has 4 nitrogen and oxygen atoms in total. The summed E-state index contributed by atoms with van der Waals surface area (Å²) in [6.45, 7) is 2.97. The van der Waals surface area contributed by atoms with E-state index in [1.165, 1.54) is 18.4 Å². The van der Waals surface area contributed by atoms with Gasteiger partial charge in [-0.3, -0.25) is 4.68 Å². The van der Waals surface area contributed by atoms with Gasteiger partial charge in [0.1, 0.15) is 12.2 Å². The number of nitrogens with zero attached hydrogens (tertiary/aromatic N) is 3. The van der Waals surface area contributed by atoms with Crippen molar-refractivity contribution >= 4 is 0 Å². The van der Waals surface area contributed by atoms with Crippen LogP contribution in [0.2, 0.25) is 0 Å². The van der Waals surface area contributed by atoms with E-state index in [0.717, 1.165) is 31.6 Å².